The predicted molar refractivity (Wildman–Crippen MR) is 122 cm³/mol. The molecule has 0 aliphatic carbocycles. The Labute approximate surface area is 195 Å². The Morgan fingerprint density at radius 3 is 2.21 bits per heavy atom. The van der Waals surface area contributed by atoms with Crippen LogP contribution in [0.3, 0.4) is 0 Å². The standard InChI is InChI=1S/C24H27F3N4O3/c25-24(26,27)17-5-7-18(8-6-17)28-23(33)29-19-9-11-31(12-10-19)22(32)20-3-1-2-4-21(20)30-13-15-34-16-14-30/h1-8,19H,9-16H2,(H2,28,29,33). The number of anilines is 2. The van der Waals surface area contributed by atoms with Gasteiger partial charge < -0.3 is 25.2 Å². The number of hydrogen-bond acceptors (Lipinski definition) is 4. The first kappa shape index (κ1) is 23.9. The van der Waals surface area contributed by atoms with E-state index in [0.29, 0.717) is 44.7 Å². The number of nitrogens with zero attached hydrogens (tertiary/aromatic N) is 2. The number of benzene rings is 2. The maximum Gasteiger partial charge on any atom is 0.416 e. The summed E-state index contributed by atoms with van der Waals surface area (Å²) in [5.74, 6) is -0.0326. The summed E-state index contributed by atoms with van der Waals surface area (Å²) in [4.78, 5) is 29.5. The summed E-state index contributed by atoms with van der Waals surface area (Å²) < 4.78 is 43.4. The number of morpholine rings is 1. The van der Waals surface area contributed by atoms with Gasteiger partial charge in [-0.05, 0) is 49.2 Å². The first-order valence-electron chi connectivity index (χ1n) is 11.3. The maximum atomic E-state index is 13.2. The van der Waals surface area contributed by atoms with Gasteiger partial charge in [0, 0.05) is 43.6 Å². The number of ether oxygens (including phenoxy) is 1. The third-order valence-electron chi connectivity index (χ3n) is 6.07. The Hall–Kier alpha value is -3.27. The van der Waals surface area contributed by atoms with E-state index in [0.717, 1.165) is 30.9 Å². The third kappa shape index (κ3) is 5.80. The highest BCUT2D eigenvalue weighted by molar-refractivity contribution is 6.00. The van der Waals surface area contributed by atoms with E-state index < -0.39 is 17.8 Å². The fourth-order valence-corrected chi connectivity index (χ4v) is 4.23. The van der Waals surface area contributed by atoms with Gasteiger partial charge in [0.1, 0.15) is 0 Å². The highest BCUT2D eigenvalue weighted by atomic mass is 19.4. The zero-order valence-corrected chi connectivity index (χ0v) is 18.6. The first-order chi connectivity index (χ1) is 16.3. The number of amides is 3. The SMILES string of the molecule is O=C(Nc1ccc(C(F)(F)F)cc1)NC1CCN(C(=O)c2ccccc2N2CCOCC2)CC1. The molecule has 2 heterocycles. The molecule has 34 heavy (non-hydrogen) atoms. The van der Waals surface area contributed by atoms with Crippen molar-refractivity contribution < 1.29 is 27.5 Å². The monoisotopic (exact) mass is 476 g/mol. The molecule has 2 fully saturated rings. The van der Waals surface area contributed by atoms with E-state index in [2.05, 4.69) is 15.5 Å². The lowest BCUT2D eigenvalue weighted by atomic mass is 10.0. The molecule has 2 aliphatic rings. The number of rotatable bonds is 4. The fraction of sp³-hybridized carbons (Fsp3) is 0.417. The predicted octanol–water partition coefficient (Wildman–Crippen LogP) is 3.97. The van der Waals surface area contributed by atoms with E-state index in [9.17, 15) is 22.8 Å². The van der Waals surface area contributed by atoms with Crippen LogP contribution in [0.2, 0.25) is 0 Å². The van der Waals surface area contributed by atoms with Gasteiger partial charge >= 0.3 is 12.2 Å². The largest absolute Gasteiger partial charge is 0.416 e. The summed E-state index contributed by atoms with van der Waals surface area (Å²) in [5.41, 5.74) is 1.08. The van der Waals surface area contributed by atoms with Gasteiger partial charge in [0.25, 0.3) is 5.91 Å². The van der Waals surface area contributed by atoms with E-state index in [1.165, 1.54) is 12.1 Å². The molecule has 3 amide bonds. The van der Waals surface area contributed by atoms with Crippen molar-refractivity contribution in [2.75, 3.05) is 49.6 Å². The van der Waals surface area contributed by atoms with Crippen molar-refractivity contribution in [3.8, 4) is 0 Å². The summed E-state index contributed by atoms with van der Waals surface area (Å²) in [7, 11) is 0. The molecule has 0 aromatic heterocycles. The summed E-state index contributed by atoms with van der Waals surface area (Å²) >= 11 is 0. The van der Waals surface area contributed by atoms with Crippen LogP contribution in [0.15, 0.2) is 48.5 Å². The van der Waals surface area contributed by atoms with Crippen molar-refractivity contribution in [1.29, 1.82) is 0 Å². The quantitative estimate of drug-likeness (QED) is 0.701. The zero-order valence-electron chi connectivity index (χ0n) is 18.6. The number of likely N-dealkylation sites (tertiary alicyclic amines) is 1. The molecule has 7 nitrogen and oxygen atoms in total. The van der Waals surface area contributed by atoms with Crippen LogP contribution in [0.5, 0.6) is 0 Å². The molecule has 2 aromatic rings. The summed E-state index contributed by atoms with van der Waals surface area (Å²) in [5, 5.41) is 5.40. The average Bonchev–Trinajstić information content (AvgIpc) is 2.84. The van der Waals surface area contributed by atoms with Crippen LogP contribution in [0, 0.1) is 0 Å². The molecule has 0 atom stereocenters. The van der Waals surface area contributed by atoms with Crippen molar-refractivity contribution in [3.05, 3.63) is 59.7 Å². The van der Waals surface area contributed by atoms with Crippen molar-refractivity contribution in [3.63, 3.8) is 0 Å². The average molecular weight is 476 g/mol. The molecular weight excluding hydrogens is 449 g/mol. The molecule has 2 aliphatic heterocycles. The molecule has 182 valence electrons. The molecule has 0 spiro atoms. The molecule has 0 saturated carbocycles. The molecule has 0 unspecified atom stereocenters. The minimum Gasteiger partial charge on any atom is -0.378 e. The topological polar surface area (TPSA) is 73.9 Å². The number of urea groups is 1. The van der Waals surface area contributed by atoms with Crippen molar-refractivity contribution in [2.24, 2.45) is 0 Å². The van der Waals surface area contributed by atoms with Crippen LogP contribution < -0.4 is 15.5 Å². The molecule has 2 saturated heterocycles. The molecular formula is C24H27F3N4O3. The normalized spacial score (nSPS) is 17.4. The van der Waals surface area contributed by atoms with E-state index >= 15 is 0 Å². The van der Waals surface area contributed by atoms with Gasteiger partial charge in [-0.3, -0.25) is 4.79 Å². The van der Waals surface area contributed by atoms with Gasteiger partial charge in [-0.15, -0.1) is 0 Å². The van der Waals surface area contributed by atoms with E-state index in [1.807, 2.05) is 24.3 Å². The van der Waals surface area contributed by atoms with Gasteiger partial charge in [-0.25, -0.2) is 4.79 Å². The lowest BCUT2D eigenvalue weighted by Gasteiger charge is -2.34. The number of para-hydroxylation sites is 1. The lowest BCUT2D eigenvalue weighted by molar-refractivity contribution is -0.137. The highest BCUT2D eigenvalue weighted by Gasteiger charge is 2.30. The Morgan fingerprint density at radius 1 is 0.912 bits per heavy atom. The van der Waals surface area contributed by atoms with Gasteiger partial charge in [0.2, 0.25) is 0 Å². The van der Waals surface area contributed by atoms with Gasteiger partial charge in [-0.2, -0.15) is 13.2 Å². The highest BCUT2D eigenvalue weighted by Crippen LogP contribution is 2.30. The second-order valence-electron chi connectivity index (χ2n) is 8.36. The second kappa shape index (κ2) is 10.3. The molecule has 2 aromatic carbocycles. The Balaban J connectivity index is 1.29. The minimum absolute atomic E-state index is 0.0326. The number of nitrogens with one attached hydrogen (secondary N) is 2. The smallest absolute Gasteiger partial charge is 0.378 e. The fourth-order valence-electron chi connectivity index (χ4n) is 4.23. The molecule has 4 rings (SSSR count). The minimum atomic E-state index is -4.42. The number of alkyl halides is 3. The lowest BCUT2D eigenvalue weighted by Crippen LogP contribution is -2.48. The van der Waals surface area contributed by atoms with Crippen LogP contribution in [0.25, 0.3) is 0 Å². The number of carbonyl (C=O) groups is 2. The molecule has 10 heteroatoms. The first-order valence-corrected chi connectivity index (χ1v) is 11.3. The number of hydrogen-bond donors (Lipinski definition) is 2. The van der Waals surface area contributed by atoms with E-state index in [1.54, 1.807) is 4.90 Å². The number of carbonyl (C=O) groups excluding carboxylic acids is 2. The van der Waals surface area contributed by atoms with Crippen molar-refractivity contribution >= 4 is 23.3 Å². The summed E-state index contributed by atoms with van der Waals surface area (Å²) in [6.07, 6.45) is -3.24. The molecule has 0 radical (unpaired) electrons. The zero-order chi connectivity index (χ0) is 24.1. The maximum absolute atomic E-state index is 13.2. The molecule has 0 bridgehead atoms. The van der Waals surface area contributed by atoms with Crippen LogP contribution in [0.4, 0.5) is 29.3 Å². The van der Waals surface area contributed by atoms with Gasteiger partial charge in [-0.1, -0.05) is 12.1 Å². The van der Waals surface area contributed by atoms with Crippen molar-refractivity contribution in [2.45, 2.75) is 25.1 Å². The Morgan fingerprint density at radius 2 is 1.56 bits per heavy atom. The summed E-state index contributed by atoms with van der Waals surface area (Å²) in [6.45, 7) is 3.75. The number of halogens is 3. The van der Waals surface area contributed by atoms with Crippen molar-refractivity contribution in [1.82, 2.24) is 10.2 Å². The Kier molecular flexibility index (Phi) is 7.26. The van der Waals surface area contributed by atoms with E-state index in [-0.39, 0.29) is 17.6 Å². The van der Waals surface area contributed by atoms with Gasteiger partial charge in [0.15, 0.2) is 0 Å². The van der Waals surface area contributed by atoms with E-state index in [4.69, 9.17) is 4.74 Å². The second-order valence-corrected chi connectivity index (χ2v) is 8.36. The van der Waals surface area contributed by atoms with Crippen LogP contribution in [-0.2, 0) is 10.9 Å². The number of piperidine rings is 1. The summed E-state index contributed by atoms with van der Waals surface area (Å²) in [6, 6.07) is 11.3. The molecule has 2 N–H and O–H groups in total. The Bertz CT molecular complexity index is 999. The van der Waals surface area contributed by atoms with Crippen LogP contribution >= 0.6 is 0 Å². The van der Waals surface area contributed by atoms with Crippen LogP contribution in [-0.4, -0.2) is 62.3 Å². The van der Waals surface area contributed by atoms with Crippen LogP contribution in [0.1, 0.15) is 28.8 Å². The van der Waals surface area contributed by atoms with Gasteiger partial charge in [0.05, 0.1) is 24.3 Å². The third-order valence-corrected chi connectivity index (χ3v) is 6.07.